The standard InChI is InChI=1S/C25H33FN4O2.HI/c1-27-25(28-14-5-6-16-32-23-11-9-22(26)10-12-23)29-18-21-17-24(31)30(19-21)15-13-20-7-3-2-4-8-20;/h2-4,7-12,21H,5-6,13-19H2,1H3,(H2,27,28,29);1H. The number of hydrogen-bond donors (Lipinski definition) is 2. The fourth-order valence-corrected chi connectivity index (χ4v) is 3.73. The number of ether oxygens (including phenoxy) is 1. The molecule has 1 aliphatic rings. The summed E-state index contributed by atoms with van der Waals surface area (Å²) in [5, 5.41) is 6.65. The van der Waals surface area contributed by atoms with Gasteiger partial charge in [-0.3, -0.25) is 9.79 Å². The largest absolute Gasteiger partial charge is 0.494 e. The maximum atomic E-state index is 12.9. The predicted octanol–water partition coefficient (Wildman–Crippen LogP) is 3.86. The van der Waals surface area contributed by atoms with Crippen LogP contribution in [0.5, 0.6) is 5.75 Å². The lowest BCUT2D eigenvalue weighted by Gasteiger charge is -2.18. The number of carbonyl (C=O) groups excluding carboxylic acids is 1. The van der Waals surface area contributed by atoms with Crippen molar-refractivity contribution >= 4 is 35.8 Å². The van der Waals surface area contributed by atoms with Gasteiger partial charge in [-0.05, 0) is 49.1 Å². The number of unbranched alkanes of at least 4 members (excludes halogenated alkanes) is 1. The molecule has 3 rings (SSSR count). The lowest BCUT2D eigenvalue weighted by Crippen LogP contribution is -2.40. The Morgan fingerprint density at radius 3 is 2.61 bits per heavy atom. The zero-order chi connectivity index (χ0) is 22.6. The molecule has 6 nitrogen and oxygen atoms in total. The third kappa shape index (κ3) is 9.57. The smallest absolute Gasteiger partial charge is 0.223 e. The quantitative estimate of drug-likeness (QED) is 0.187. The number of benzene rings is 2. The van der Waals surface area contributed by atoms with E-state index in [-0.39, 0.29) is 35.7 Å². The number of nitrogens with zero attached hydrogens (tertiary/aromatic N) is 2. The number of aliphatic imine (C=N–C) groups is 1. The summed E-state index contributed by atoms with van der Waals surface area (Å²) in [4.78, 5) is 18.6. The third-order valence-electron chi connectivity index (χ3n) is 5.54. The van der Waals surface area contributed by atoms with Gasteiger partial charge in [0.1, 0.15) is 11.6 Å². The first-order valence-corrected chi connectivity index (χ1v) is 11.3. The number of carbonyl (C=O) groups is 1. The van der Waals surface area contributed by atoms with Crippen LogP contribution < -0.4 is 15.4 Å². The summed E-state index contributed by atoms with van der Waals surface area (Å²) in [5.74, 6) is 1.69. The molecule has 0 spiro atoms. The van der Waals surface area contributed by atoms with E-state index in [1.165, 1.54) is 17.7 Å². The van der Waals surface area contributed by atoms with Crippen LogP contribution in [0.1, 0.15) is 24.8 Å². The van der Waals surface area contributed by atoms with Crippen LogP contribution in [0.15, 0.2) is 59.6 Å². The lowest BCUT2D eigenvalue weighted by atomic mass is 10.1. The fraction of sp³-hybridized carbons (Fsp3) is 0.440. The Morgan fingerprint density at radius 1 is 1.12 bits per heavy atom. The van der Waals surface area contributed by atoms with Gasteiger partial charge in [-0.1, -0.05) is 30.3 Å². The molecule has 1 unspecified atom stereocenters. The van der Waals surface area contributed by atoms with Crippen LogP contribution in [0.25, 0.3) is 0 Å². The second kappa shape index (κ2) is 14.7. The molecule has 2 aromatic carbocycles. The molecule has 1 amide bonds. The summed E-state index contributed by atoms with van der Waals surface area (Å²) in [6, 6.07) is 16.3. The third-order valence-corrected chi connectivity index (χ3v) is 5.54. The van der Waals surface area contributed by atoms with E-state index in [0.29, 0.717) is 24.7 Å². The second-order valence-corrected chi connectivity index (χ2v) is 8.03. The van der Waals surface area contributed by atoms with E-state index in [9.17, 15) is 9.18 Å². The SMILES string of the molecule is CN=C(NCCCCOc1ccc(F)cc1)NCC1CC(=O)N(CCc2ccccc2)C1.I. The van der Waals surface area contributed by atoms with Crippen LogP contribution in [-0.4, -0.2) is 56.6 Å². The average Bonchev–Trinajstić information content (AvgIpc) is 3.18. The summed E-state index contributed by atoms with van der Waals surface area (Å²) in [6.45, 7) is 3.64. The van der Waals surface area contributed by atoms with Crippen LogP contribution in [-0.2, 0) is 11.2 Å². The Labute approximate surface area is 213 Å². The molecule has 2 aromatic rings. The van der Waals surface area contributed by atoms with E-state index < -0.39 is 0 Å². The highest BCUT2D eigenvalue weighted by molar-refractivity contribution is 14.0. The van der Waals surface area contributed by atoms with Crippen molar-refractivity contribution < 1.29 is 13.9 Å². The van der Waals surface area contributed by atoms with Gasteiger partial charge in [0.05, 0.1) is 6.61 Å². The Hall–Kier alpha value is -2.36. The van der Waals surface area contributed by atoms with Crippen LogP contribution in [0, 0.1) is 11.7 Å². The van der Waals surface area contributed by atoms with E-state index in [1.54, 1.807) is 19.2 Å². The molecule has 1 aliphatic heterocycles. The molecule has 33 heavy (non-hydrogen) atoms. The van der Waals surface area contributed by atoms with Gasteiger partial charge in [0.2, 0.25) is 5.91 Å². The van der Waals surface area contributed by atoms with Crippen LogP contribution >= 0.6 is 24.0 Å². The molecule has 1 saturated heterocycles. The Kier molecular flexibility index (Phi) is 12.0. The highest BCUT2D eigenvalue weighted by atomic mass is 127. The van der Waals surface area contributed by atoms with Crippen molar-refractivity contribution in [3.8, 4) is 5.75 Å². The first-order valence-electron chi connectivity index (χ1n) is 11.3. The monoisotopic (exact) mass is 568 g/mol. The molecule has 0 aromatic heterocycles. The summed E-state index contributed by atoms with van der Waals surface area (Å²) in [5.41, 5.74) is 1.26. The van der Waals surface area contributed by atoms with Gasteiger partial charge in [0, 0.05) is 45.6 Å². The average molecular weight is 568 g/mol. The minimum Gasteiger partial charge on any atom is -0.494 e. The molecule has 2 N–H and O–H groups in total. The zero-order valence-electron chi connectivity index (χ0n) is 19.1. The molecule has 8 heteroatoms. The molecular weight excluding hydrogens is 534 g/mol. The van der Waals surface area contributed by atoms with Crippen molar-refractivity contribution in [1.29, 1.82) is 0 Å². The van der Waals surface area contributed by atoms with Gasteiger partial charge >= 0.3 is 0 Å². The molecule has 0 bridgehead atoms. The number of halogens is 2. The highest BCUT2D eigenvalue weighted by Gasteiger charge is 2.29. The van der Waals surface area contributed by atoms with E-state index in [4.69, 9.17) is 4.74 Å². The van der Waals surface area contributed by atoms with Crippen LogP contribution in [0.4, 0.5) is 4.39 Å². The first kappa shape index (κ1) is 26.9. The second-order valence-electron chi connectivity index (χ2n) is 8.03. The first-order chi connectivity index (χ1) is 15.6. The topological polar surface area (TPSA) is 66.0 Å². The van der Waals surface area contributed by atoms with E-state index in [0.717, 1.165) is 51.4 Å². The van der Waals surface area contributed by atoms with Crippen molar-refractivity contribution in [2.45, 2.75) is 25.7 Å². The number of nitrogens with one attached hydrogen (secondary N) is 2. The minimum absolute atomic E-state index is 0. The van der Waals surface area contributed by atoms with Crippen LogP contribution in [0.2, 0.25) is 0 Å². The molecule has 0 radical (unpaired) electrons. The molecule has 180 valence electrons. The lowest BCUT2D eigenvalue weighted by molar-refractivity contribution is -0.127. The van der Waals surface area contributed by atoms with Crippen molar-refractivity contribution in [3.63, 3.8) is 0 Å². The van der Waals surface area contributed by atoms with Gasteiger partial charge in [-0.2, -0.15) is 0 Å². The van der Waals surface area contributed by atoms with Crippen molar-refractivity contribution in [3.05, 3.63) is 66.0 Å². The number of guanidine groups is 1. The summed E-state index contributed by atoms with van der Waals surface area (Å²) in [6.07, 6.45) is 3.28. The number of amides is 1. The molecule has 1 fully saturated rings. The van der Waals surface area contributed by atoms with Crippen molar-refractivity contribution in [2.24, 2.45) is 10.9 Å². The number of hydrogen-bond acceptors (Lipinski definition) is 3. The molecule has 0 aliphatic carbocycles. The van der Waals surface area contributed by atoms with E-state index >= 15 is 0 Å². The molecule has 1 atom stereocenters. The molecule has 0 saturated carbocycles. The van der Waals surface area contributed by atoms with Gasteiger partial charge in [-0.15, -0.1) is 24.0 Å². The summed E-state index contributed by atoms with van der Waals surface area (Å²) < 4.78 is 18.5. The number of rotatable bonds is 11. The maximum Gasteiger partial charge on any atom is 0.223 e. The van der Waals surface area contributed by atoms with Crippen molar-refractivity contribution in [2.75, 3.05) is 39.8 Å². The van der Waals surface area contributed by atoms with Gasteiger partial charge < -0.3 is 20.3 Å². The fourth-order valence-electron chi connectivity index (χ4n) is 3.73. The highest BCUT2D eigenvalue weighted by Crippen LogP contribution is 2.17. The maximum absolute atomic E-state index is 12.9. The van der Waals surface area contributed by atoms with Gasteiger partial charge in [-0.25, -0.2) is 4.39 Å². The predicted molar refractivity (Wildman–Crippen MR) is 141 cm³/mol. The zero-order valence-corrected chi connectivity index (χ0v) is 21.5. The minimum atomic E-state index is -0.262. The van der Waals surface area contributed by atoms with Crippen LogP contribution in [0.3, 0.4) is 0 Å². The summed E-state index contributed by atoms with van der Waals surface area (Å²) in [7, 11) is 1.75. The van der Waals surface area contributed by atoms with Crippen molar-refractivity contribution in [1.82, 2.24) is 15.5 Å². The Balaban J connectivity index is 0.00000385. The normalized spacial score (nSPS) is 15.8. The number of likely N-dealkylation sites (tertiary alicyclic amines) is 1. The van der Waals surface area contributed by atoms with E-state index in [1.807, 2.05) is 23.1 Å². The molecule has 1 heterocycles. The van der Waals surface area contributed by atoms with Gasteiger partial charge in [0.25, 0.3) is 0 Å². The van der Waals surface area contributed by atoms with E-state index in [2.05, 4.69) is 27.8 Å². The Morgan fingerprint density at radius 2 is 1.88 bits per heavy atom. The molecular formula is C25H34FIN4O2. The Bertz CT molecular complexity index is 864. The summed E-state index contributed by atoms with van der Waals surface area (Å²) >= 11 is 0. The van der Waals surface area contributed by atoms with Gasteiger partial charge in [0.15, 0.2) is 5.96 Å².